The molecule has 0 aliphatic carbocycles. The van der Waals surface area contributed by atoms with Gasteiger partial charge in [-0.2, -0.15) is 0 Å². The van der Waals surface area contributed by atoms with Crippen LogP contribution < -0.4 is 0 Å². The Morgan fingerprint density at radius 3 is 0.556 bits per heavy atom. The van der Waals surface area contributed by atoms with Crippen LogP contribution in [0.25, 0.3) is 0 Å². The van der Waals surface area contributed by atoms with Gasteiger partial charge in [0.15, 0.2) is 69.0 Å². The molecule has 0 heterocycles. The molecule has 16 heteroatoms. The van der Waals surface area contributed by atoms with E-state index in [-0.39, 0.29) is 92.7 Å². The smallest absolute Gasteiger partial charge is 0.200 e. The van der Waals surface area contributed by atoms with E-state index in [4.69, 9.17) is 0 Å². The maximum absolute atomic E-state index is 10.2. The van der Waals surface area contributed by atoms with Crippen molar-refractivity contribution >= 4 is 0 Å². The number of rotatable bonds is 30. The van der Waals surface area contributed by atoms with E-state index in [9.17, 15) is 81.7 Å². The number of phenols is 16. The zero-order valence-corrected chi connectivity index (χ0v) is 59.9. The van der Waals surface area contributed by atoms with Crippen molar-refractivity contribution in [3.8, 4) is 92.0 Å². The summed E-state index contributed by atoms with van der Waals surface area (Å²) < 4.78 is 0. The van der Waals surface area contributed by atoms with Gasteiger partial charge in [-0.15, -0.1) is 0 Å². The van der Waals surface area contributed by atoms with E-state index in [2.05, 4.69) is 97.1 Å². The lowest BCUT2D eigenvalue weighted by Gasteiger charge is -2.29. The quantitative estimate of drug-likeness (QED) is 0.0186. The summed E-state index contributed by atoms with van der Waals surface area (Å²) in [6.07, 6.45) is 11.7. The van der Waals surface area contributed by atoms with Crippen LogP contribution in [0, 0.1) is 11.8 Å². The first-order valence-corrected chi connectivity index (χ1v) is 36.4. The van der Waals surface area contributed by atoms with Crippen molar-refractivity contribution in [1.82, 2.24) is 0 Å². The Bertz CT molecular complexity index is 4500. The standard InChI is InChI=1S/2C46H46O8/c2*47-38-19-14-31(15-20-38)13-16-37(23-32-7-1-29(2-8-32)5-11-34-25-41(49)45(53)42(50)26-34)40(36-17-21-39(48)22-18-36)24-33-9-3-30(4-10-33)6-12-35-27-43(51)46(54)44(52)28-35/h2*1-4,7-10,14-15,17-22,25-28,37,40,47-54H,5-6,11-13,16,23-24H2/t2*37-,40+/m10/s1. The van der Waals surface area contributed by atoms with E-state index in [0.717, 1.165) is 118 Å². The molecular weight excluding hydrogens is 1360 g/mol. The van der Waals surface area contributed by atoms with Crippen molar-refractivity contribution in [3.05, 3.63) is 332 Å². The van der Waals surface area contributed by atoms with E-state index in [1.165, 1.54) is 70.8 Å². The zero-order valence-electron chi connectivity index (χ0n) is 59.9. The Hall–Kier alpha value is -12.6. The van der Waals surface area contributed by atoms with Crippen LogP contribution in [-0.2, 0) is 89.9 Å². The minimum Gasteiger partial charge on any atom is -0.508 e. The SMILES string of the molecule is Oc1ccc(CC[C@@H](Cc2ccc(CCc3cc(O)c(O)c(O)c3)cc2)[C@H](Cc2ccc(CCc3cc(O)c(O)c(O)c3)cc2)c2ccc(O)cc2)cc1.Oc1ccc(CC[C@H](Cc2ccc(CCc3cc(O)c(O)c(O)c3)cc2)[C@@H](Cc2ccc(CCc3cc(O)c(O)c(O)c3)cc2)c2ccc(O)cc2)cc1. The fourth-order valence-electron chi connectivity index (χ4n) is 14.3. The van der Waals surface area contributed by atoms with Gasteiger partial charge in [0.1, 0.15) is 23.0 Å². The monoisotopic (exact) mass is 1450 g/mol. The summed E-state index contributed by atoms with van der Waals surface area (Å²) in [4.78, 5) is 0. The molecule has 4 atom stereocenters. The zero-order chi connectivity index (χ0) is 76.4. The predicted octanol–water partition coefficient (Wildman–Crippen LogP) is 17.4. The van der Waals surface area contributed by atoms with Crippen LogP contribution in [-0.4, -0.2) is 81.7 Å². The van der Waals surface area contributed by atoms with E-state index >= 15 is 0 Å². The third-order valence-electron chi connectivity index (χ3n) is 20.6. The van der Waals surface area contributed by atoms with Gasteiger partial charge in [0, 0.05) is 0 Å². The summed E-state index contributed by atoms with van der Waals surface area (Å²) in [6, 6.07) is 75.5. The summed E-state index contributed by atoms with van der Waals surface area (Å²) >= 11 is 0. The molecule has 12 rings (SSSR count). The first-order valence-electron chi connectivity index (χ1n) is 36.4. The predicted molar refractivity (Wildman–Crippen MR) is 417 cm³/mol. The van der Waals surface area contributed by atoms with Crippen molar-refractivity contribution in [2.45, 2.75) is 115 Å². The molecule has 0 aromatic heterocycles. The second-order valence-electron chi connectivity index (χ2n) is 28.3. The van der Waals surface area contributed by atoms with E-state index in [1.54, 1.807) is 48.5 Å². The summed E-state index contributed by atoms with van der Waals surface area (Å²) in [7, 11) is 0. The third-order valence-corrected chi connectivity index (χ3v) is 20.6. The first-order chi connectivity index (χ1) is 52.0. The van der Waals surface area contributed by atoms with Gasteiger partial charge in [-0.3, -0.25) is 0 Å². The lowest BCUT2D eigenvalue weighted by Crippen LogP contribution is -2.19. The highest BCUT2D eigenvalue weighted by molar-refractivity contribution is 5.54. The molecule has 0 aliphatic heterocycles. The molecule has 16 N–H and O–H groups in total. The number of benzene rings is 12. The normalized spacial score (nSPS) is 12.4. The lowest BCUT2D eigenvalue weighted by atomic mass is 9.75. The van der Waals surface area contributed by atoms with Crippen molar-refractivity contribution in [3.63, 3.8) is 0 Å². The van der Waals surface area contributed by atoms with Gasteiger partial charge in [-0.1, -0.05) is 146 Å². The molecule has 16 nitrogen and oxygen atoms in total. The summed E-state index contributed by atoms with van der Waals surface area (Å²) in [5.41, 5.74) is 16.6. The highest BCUT2D eigenvalue weighted by Gasteiger charge is 2.27. The molecule has 0 saturated carbocycles. The maximum Gasteiger partial charge on any atom is 0.200 e. The van der Waals surface area contributed by atoms with E-state index in [0.29, 0.717) is 51.4 Å². The number of aryl methyl sites for hydroxylation is 10. The van der Waals surface area contributed by atoms with Gasteiger partial charge in [0.05, 0.1) is 0 Å². The van der Waals surface area contributed by atoms with Gasteiger partial charge < -0.3 is 81.7 Å². The largest absolute Gasteiger partial charge is 0.508 e. The Morgan fingerprint density at radius 2 is 0.333 bits per heavy atom. The third kappa shape index (κ3) is 21.3. The summed E-state index contributed by atoms with van der Waals surface area (Å²) in [5.74, 6) is -3.23. The molecule has 556 valence electrons. The molecule has 0 aliphatic rings. The maximum atomic E-state index is 10.2. The molecule has 0 saturated heterocycles. The lowest BCUT2D eigenvalue weighted by molar-refractivity contribution is 0.367. The molecule has 0 radical (unpaired) electrons. The van der Waals surface area contributed by atoms with Crippen LogP contribution >= 0.6 is 0 Å². The van der Waals surface area contributed by atoms with Gasteiger partial charge in [0.2, 0.25) is 0 Å². The van der Waals surface area contributed by atoms with Gasteiger partial charge in [-0.05, 0) is 312 Å². The van der Waals surface area contributed by atoms with E-state index in [1.807, 2.05) is 48.5 Å². The van der Waals surface area contributed by atoms with Crippen LogP contribution in [0.15, 0.2) is 243 Å². The van der Waals surface area contributed by atoms with Crippen molar-refractivity contribution in [2.24, 2.45) is 11.8 Å². The van der Waals surface area contributed by atoms with Crippen LogP contribution in [0.5, 0.6) is 92.0 Å². The van der Waals surface area contributed by atoms with Crippen LogP contribution in [0.2, 0.25) is 0 Å². The van der Waals surface area contributed by atoms with E-state index < -0.39 is 23.0 Å². The minimum atomic E-state index is -0.517. The molecule has 0 unspecified atom stereocenters. The average molecular weight is 1450 g/mol. The first kappa shape index (κ1) is 76.6. The van der Waals surface area contributed by atoms with Crippen molar-refractivity contribution in [2.75, 3.05) is 0 Å². The van der Waals surface area contributed by atoms with Crippen LogP contribution in [0.4, 0.5) is 0 Å². The van der Waals surface area contributed by atoms with Crippen molar-refractivity contribution < 1.29 is 81.7 Å². The van der Waals surface area contributed by atoms with Gasteiger partial charge in [0.25, 0.3) is 0 Å². The second-order valence-corrected chi connectivity index (χ2v) is 28.3. The fourth-order valence-corrected chi connectivity index (χ4v) is 14.3. The minimum absolute atomic E-state index is 0.117. The number of phenolic OH excluding ortho intramolecular Hbond substituents is 16. The molecule has 0 spiro atoms. The highest BCUT2D eigenvalue weighted by atomic mass is 16.3. The van der Waals surface area contributed by atoms with Crippen LogP contribution in [0.3, 0.4) is 0 Å². The number of aromatic hydroxyl groups is 16. The topological polar surface area (TPSA) is 324 Å². The Labute approximate surface area is 628 Å². The fraction of sp³-hybridized carbons (Fsp3) is 0.217. The molecule has 0 bridgehead atoms. The average Bonchev–Trinajstić information content (AvgIpc) is 0.837. The molecule has 0 fully saturated rings. The molecule has 12 aromatic carbocycles. The highest BCUT2D eigenvalue weighted by Crippen LogP contribution is 2.42. The number of hydrogen-bond donors (Lipinski definition) is 16. The molecule has 108 heavy (non-hydrogen) atoms. The Balaban J connectivity index is 0.000000215. The summed E-state index contributed by atoms with van der Waals surface area (Å²) in [5, 5.41) is 158. The van der Waals surface area contributed by atoms with Gasteiger partial charge in [-0.25, -0.2) is 0 Å². The van der Waals surface area contributed by atoms with Crippen molar-refractivity contribution in [1.29, 1.82) is 0 Å². The molecule has 0 amide bonds. The van der Waals surface area contributed by atoms with Crippen LogP contribution in [0.1, 0.15) is 114 Å². The van der Waals surface area contributed by atoms with Gasteiger partial charge >= 0.3 is 0 Å². The molecule has 12 aromatic rings. The second kappa shape index (κ2) is 36.0. The Kier molecular flexibility index (Phi) is 25.5. The number of hydrogen-bond acceptors (Lipinski definition) is 16. The summed E-state index contributed by atoms with van der Waals surface area (Å²) in [6.45, 7) is 0. The molecular formula is C92H92O16. The Morgan fingerprint density at radius 1 is 0.167 bits per heavy atom.